The molecule has 5 nitrogen and oxygen atoms in total. The van der Waals surface area contributed by atoms with E-state index in [1.807, 2.05) is 0 Å². The first-order valence-electron chi connectivity index (χ1n) is 5.07. The number of Topliss-reactive ketones (excluding diaryl/α,β-unsaturated/α-hetero) is 1. The number of halogens is 2. The molecule has 1 heterocycles. The fourth-order valence-electron chi connectivity index (χ4n) is 1.52. The van der Waals surface area contributed by atoms with Crippen LogP contribution in [0.25, 0.3) is 0 Å². The highest BCUT2D eigenvalue weighted by molar-refractivity contribution is 9.10. The molecule has 1 N–H and O–H groups in total. The van der Waals surface area contributed by atoms with Crippen LogP contribution in [0.15, 0.2) is 10.5 Å². The Morgan fingerprint density at radius 3 is 2.67 bits per heavy atom. The molecule has 0 aliphatic carbocycles. The molecular weight excluding hydrogens is 311 g/mol. The van der Waals surface area contributed by atoms with Crippen molar-refractivity contribution in [2.24, 2.45) is 0 Å². The number of fused-ring (bicyclic) bond motifs is 1. The van der Waals surface area contributed by atoms with Crippen LogP contribution >= 0.6 is 15.9 Å². The molecule has 1 aliphatic rings. The number of hydrogen-bond donors (Lipinski definition) is 1. The fourth-order valence-corrected chi connectivity index (χ4v) is 2.05. The van der Waals surface area contributed by atoms with Gasteiger partial charge in [-0.3, -0.25) is 4.79 Å². The second-order valence-corrected chi connectivity index (χ2v) is 4.36. The maximum Gasteiger partial charge on any atom is 0.377 e. The zero-order valence-corrected chi connectivity index (χ0v) is 10.6. The van der Waals surface area contributed by atoms with Crippen molar-refractivity contribution in [2.75, 3.05) is 13.2 Å². The number of carboxylic acid groups (broad SMARTS) is 1. The maximum absolute atomic E-state index is 13.9. The topological polar surface area (TPSA) is 72.8 Å². The molecule has 0 amide bonds. The summed E-state index contributed by atoms with van der Waals surface area (Å²) in [4.78, 5) is 21.9. The zero-order chi connectivity index (χ0) is 13.3. The second-order valence-electron chi connectivity index (χ2n) is 3.56. The van der Waals surface area contributed by atoms with Crippen molar-refractivity contribution >= 4 is 27.7 Å². The molecule has 0 saturated heterocycles. The minimum atomic E-state index is -1.73. The van der Waals surface area contributed by atoms with E-state index in [2.05, 4.69) is 15.9 Å². The highest BCUT2D eigenvalue weighted by atomic mass is 79.9. The smallest absolute Gasteiger partial charge is 0.377 e. The third-order valence-electron chi connectivity index (χ3n) is 2.36. The largest absolute Gasteiger partial charge is 0.489 e. The number of rotatable bonds is 2. The minimum absolute atomic E-state index is 0.105. The van der Waals surface area contributed by atoms with E-state index in [1.54, 1.807) is 0 Å². The van der Waals surface area contributed by atoms with E-state index in [-0.39, 0.29) is 16.0 Å². The molecule has 96 valence electrons. The molecule has 0 unspecified atom stereocenters. The number of ether oxygens (including phenoxy) is 2. The Morgan fingerprint density at radius 2 is 2.00 bits per heavy atom. The van der Waals surface area contributed by atoms with Crippen molar-refractivity contribution in [3.8, 4) is 11.5 Å². The highest BCUT2D eigenvalue weighted by Gasteiger charge is 2.27. The molecule has 18 heavy (non-hydrogen) atoms. The monoisotopic (exact) mass is 318 g/mol. The van der Waals surface area contributed by atoms with Gasteiger partial charge in [0.25, 0.3) is 5.78 Å². The molecule has 0 fully saturated rings. The van der Waals surface area contributed by atoms with Crippen molar-refractivity contribution in [3.05, 3.63) is 21.9 Å². The Labute approximate surface area is 110 Å². The molecule has 0 saturated carbocycles. The highest BCUT2D eigenvalue weighted by Crippen LogP contribution is 2.40. The molecule has 1 aromatic carbocycles. The molecule has 2 rings (SSSR count). The number of benzene rings is 1. The van der Waals surface area contributed by atoms with Crippen LogP contribution < -0.4 is 9.47 Å². The molecule has 0 radical (unpaired) electrons. The summed E-state index contributed by atoms with van der Waals surface area (Å²) in [5.41, 5.74) is -0.557. The second kappa shape index (κ2) is 4.93. The molecular formula is C11H8BrFO5. The van der Waals surface area contributed by atoms with Gasteiger partial charge in [-0.2, -0.15) is 0 Å². The summed E-state index contributed by atoms with van der Waals surface area (Å²) >= 11 is 2.94. The lowest BCUT2D eigenvalue weighted by atomic mass is 10.1. The summed E-state index contributed by atoms with van der Waals surface area (Å²) in [5, 5.41) is 8.61. The molecule has 1 aliphatic heterocycles. The van der Waals surface area contributed by atoms with Crippen molar-refractivity contribution in [3.63, 3.8) is 0 Å². The quantitative estimate of drug-likeness (QED) is 0.667. The summed E-state index contributed by atoms with van der Waals surface area (Å²) < 4.78 is 24.3. The number of hydrogen-bond acceptors (Lipinski definition) is 4. The molecule has 0 atom stereocenters. The first-order valence-corrected chi connectivity index (χ1v) is 5.87. The third kappa shape index (κ3) is 2.17. The van der Waals surface area contributed by atoms with Crippen molar-refractivity contribution in [1.29, 1.82) is 0 Å². The Balaban J connectivity index is 2.57. The SMILES string of the molecule is O=C(O)C(=O)c1cc2c(c(Br)c1F)OCCCO2. The summed E-state index contributed by atoms with van der Waals surface area (Å²) in [6.07, 6.45) is 0.616. The van der Waals surface area contributed by atoms with E-state index < -0.39 is 23.1 Å². The predicted molar refractivity (Wildman–Crippen MR) is 61.7 cm³/mol. The lowest BCUT2D eigenvalue weighted by molar-refractivity contribution is -0.131. The van der Waals surface area contributed by atoms with Crippen molar-refractivity contribution in [2.45, 2.75) is 6.42 Å². The first-order chi connectivity index (χ1) is 8.52. The van der Waals surface area contributed by atoms with Gasteiger partial charge < -0.3 is 14.6 Å². The summed E-state index contributed by atoms with van der Waals surface area (Å²) in [6, 6.07) is 1.05. The number of carbonyl (C=O) groups excluding carboxylic acids is 1. The van der Waals surface area contributed by atoms with E-state index >= 15 is 0 Å². The molecule has 0 aromatic heterocycles. The van der Waals surface area contributed by atoms with Crippen LogP contribution in [0.5, 0.6) is 11.5 Å². The number of ketones is 1. The molecule has 0 spiro atoms. The Hall–Kier alpha value is -1.63. The standard InChI is InChI=1S/C11H8BrFO5/c12-7-8(13)5(9(14)11(15)16)4-6-10(7)18-3-1-2-17-6/h4H,1-3H2,(H,15,16). The van der Waals surface area contributed by atoms with E-state index in [4.69, 9.17) is 14.6 Å². The Kier molecular flexibility index (Phi) is 3.51. The fraction of sp³-hybridized carbons (Fsp3) is 0.273. The summed E-state index contributed by atoms with van der Waals surface area (Å²) in [5.74, 6) is -3.72. The van der Waals surface area contributed by atoms with Gasteiger partial charge in [0.05, 0.1) is 23.2 Å². The van der Waals surface area contributed by atoms with E-state index in [1.165, 1.54) is 0 Å². The van der Waals surface area contributed by atoms with Crippen LogP contribution in [-0.4, -0.2) is 30.1 Å². The van der Waals surface area contributed by atoms with Gasteiger partial charge in [-0.05, 0) is 22.0 Å². The normalized spacial score (nSPS) is 13.9. The molecule has 1 aromatic rings. The average Bonchev–Trinajstić information content (AvgIpc) is 2.58. The molecule has 0 bridgehead atoms. The third-order valence-corrected chi connectivity index (χ3v) is 3.07. The van der Waals surface area contributed by atoms with Gasteiger partial charge in [0.2, 0.25) is 0 Å². The van der Waals surface area contributed by atoms with Crippen LogP contribution in [0.3, 0.4) is 0 Å². The van der Waals surface area contributed by atoms with Gasteiger partial charge in [-0.15, -0.1) is 0 Å². The van der Waals surface area contributed by atoms with Gasteiger partial charge in [0.15, 0.2) is 17.3 Å². The van der Waals surface area contributed by atoms with E-state index in [9.17, 15) is 14.0 Å². The average molecular weight is 319 g/mol. The lowest BCUT2D eigenvalue weighted by Crippen LogP contribution is -2.15. The van der Waals surface area contributed by atoms with Gasteiger partial charge in [-0.25, -0.2) is 9.18 Å². The van der Waals surface area contributed by atoms with Crippen LogP contribution in [0.4, 0.5) is 4.39 Å². The van der Waals surface area contributed by atoms with Crippen molar-refractivity contribution in [1.82, 2.24) is 0 Å². The van der Waals surface area contributed by atoms with Crippen LogP contribution in [-0.2, 0) is 4.79 Å². The summed E-state index contributed by atoms with van der Waals surface area (Å²) in [7, 11) is 0. The Bertz CT molecular complexity index is 529. The van der Waals surface area contributed by atoms with Crippen molar-refractivity contribution < 1.29 is 28.6 Å². The van der Waals surface area contributed by atoms with Gasteiger partial charge in [-0.1, -0.05) is 0 Å². The molecule has 7 heteroatoms. The predicted octanol–water partition coefficient (Wildman–Crippen LogP) is 2.02. The van der Waals surface area contributed by atoms with Gasteiger partial charge in [0, 0.05) is 6.42 Å². The van der Waals surface area contributed by atoms with Gasteiger partial charge >= 0.3 is 5.97 Å². The van der Waals surface area contributed by atoms with Crippen LogP contribution in [0, 0.1) is 5.82 Å². The van der Waals surface area contributed by atoms with Crippen LogP contribution in [0.2, 0.25) is 0 Å². The zero-order valence-electron chi connectivity index (χ0n) is 9.03. The van der Waals surface area contributed by atoms with Gasteiger partial charge in [0.1, 0.15) is 0 Å². The number of carboxylic acids is 1. The summed E-state index contributed by atoms with van der Waals surface area (Å²) in [6.45, 7) is 0.711. The first kappa shape index (κ1) is 12.8. The minimum Gasteiger partial charge on any atom is -0.489 e. The van der Waals surface area contributed by atoms with Crippen LogP contribution in [0.1, 0.15) is 16.8 Å². The number of aliphatic carboxylic acids is 1. The Morgan fingerprint density at radius 1 is 1.33 bits per heavy atom. The van der Waals surface area contributed by atoms with E-state index in [0.29, 0.717) is 19.6 Å². The lowest BCUT2D eigenvalue weighted by Gasteiger charge is -2.11. The number of carbonyl (C=O) groups is 2. The maximum atomic E-state index is 13.9. The van der Waals surface area contributed by atoms with E-state index in [0.717, 1.165) is 6.07 Å².